The first-order chi connectivity index (χ1) is 12.8. The lowest BCUT2D eigenvalue weighted by molar-refractivity contribution is 0.582. The van der Waals surface area contributed by atoms with Crippen molar-refractivity contribution < 1.29 is 0 Å². The van der Waals surface area contributed by atoms with Crippen LogP contribution in [0, 0.1) is 0 Å². The number of aromatic nitrogens is 5. The van der Waals surface area contributed by atoms with Gasteiger partial charge in [-0.3, -0.25) is 0 Å². The Kier molecular flexibility index (Phi) is 4.35. The van der Waals surface area contributed by atoms with Gasteiger partial charge in [-0.05, 0) is 23.6 Å². The number of hydrogen-bond acceptors (Lipinski definition) is 3. The topological polar surface area (TPSA) is 48.5 Å². The van der Waals surface area contributed by atoms with Gasteiger partial charge in [0.15, 0.2) is 0 Å². The smallest absolute Gasteiger partial charge is 0.137 e. The Bertz CT molecular complexity index is 956. The molecule has 0 aliphatic heterocycles. The Morgan fingerprint density at radius 3 is 2.15 bits per heavy atom. The van der Waals surface area contributed by atoms with Crippen LogP contribution < -0.4 is 0 Å². The molecule has 0 radical (unpaired) electrons. The summed E-state index contributed by atoms with van der Waals surface area (Å²) in [6.45, 7) is 4.40. The van der Waals surface area contributed by atoms with Gasteiger partial charge in [-0.15, -0.1) is 0 Å². The van der Waals surface area contributed by atoms with Gasteiger partial charge in [0.25, 0.3) is 0 Å². The molecule has 0 amide bonds. The van der Waals surface area contributed by atoms with Crippen LogP contribution in [-0.2, 0) is 0 Å². The Hall–Kier alpha value is -3.21. The van der Waals surface area contributed by atoms with Gasteiger partial charge < -0.3 is 0 Å². The van der Waals surface area contributed by atoms with Crippen molar-refractivity contribution in [2.75, 3.05) is 0 Å². The van der Waals surface area contributed by atoms with E-state index < -0.39 is 0 Å². The van der Waals surface area contributed by atoms with Crippen molar-refractivity contribution in [3.8, 4) is 5.69 Å². The highest BCUT2D eigenvalue weighted by molar-refractivity contribution is 5.41. The highest BCUT2D eigenvalue weighted by Gasteiger charge is 2.25. The molecule has 1 unspecified atom stereocenters. The maximum Gasteiger partial charge on any atom is 0.137 e. The van der Waals surface area contributed by atoms with Crippen molar-refractivity contribution in [2.45, 2.75) is 25.8 Å². The van der Waals surface area contributed by atoms with Crippen LogP contribution in [0.25, 0.3) is 5.69 Å². The minimum absolute atomic E-state index is 0.0615. The molecule has 2 aromatic carbocycles. The van der Waals surface area contributed by atoms with Crippen molar-refractivity contribution in [1.29, 1.82) is 0 Å². The predicted molar refractivity (Wildman–Crippen MR) is 101 cm³/mol. The maximum atomic E-state index is 4.72. The van der Waals surface area contributed by atoms with Crippen molar-refractivity contribution in [3.05, 3.63) is 96.3 Å². The maximum absolute atomic E-state index is 4.72. The molecule has 4 rings (SSSR count). The quantitative estimate of drug-likeness (QED) is 0.545. The summed E-state index contributed by atoms with van der Waals surface area (Å²) in [6, 6.07) is 20.6. The van der Waals surface area contributed by atoms with Crippen molar-refractivity contribution >= 4 is 0 Å². The summed E-state index contributed by atoms with van der Waals surface area (Å²) in [6.07, 6.45) is 5.30. The molecule has 0 N–H and O–H groups in total. The molecule has 0 fully saturated rings. The zero-order valence-electron chi connectivity index (χ0n) is 14.9. The molecular formula is C21H21N5. The van der Waals surface area contributed by atoms with Gasteiger partial charge in [0.2, 0.25) is 0 Å². The second-order valence-corrected chi connectivity index (χ2v) is 6.58. The number of benzene rings is 2. The first-order valence-electron chi connectivity index (χ1n) is 8.78. The molecule has 0 saturated carbocycles. The molecule has 5 heteroatoms. The standard InChI is InChI=1S/C21H21N5/c1-16(2)20-19(13-23-26(20)18-11-7-4-8-12-18)21(25-15-22-14-24-25)17-9-5-3-6-10-17/h3-16,21H,1-2H3. The number of para-hydroxylation sites is 1. The van der Waals surface area contributed by atoms with Gasteiger partial charge in [0.05, 0.1) is 17.6 Å². The molecule has 2 heterocycles. The normalized spacial score (nSPS) is 12.4. The summed E-state index contributed by atoms with van der Waals surface area (Å²) in [5, 5.41) is 9.14. The number of hydrogen-bond donors (Lipinski definition) is 0. The second kappa shape index (κ2) is 6.96. The third kappa shape index (κ3) is 2.92. The third-order valence-corrected chi connectivity index (χ3v) is 4.49. The van der Waals surface area contributed by atoms with Gasteiger partial charge in [-0.2, -0.15) is 10.2 Å². The molecule has 4 aromatic rings. The highest BCUT2D eigenvalue weighted by Crippen LogP contribution is 2.33. The Morgan fingerprint density at radius 2 is 1.54 bits per heavy atom. The summed E-state index contributed by atoms with van der Waals surface area (Å²) in [7, 11) is 0. The minimum Gasteiger partial charge on any atom is -0.241 e. The lowest BCUT2D eigenvalue weighted by atomic mass is 9.95. The Morgan fingerprint density at radius 1 is 0.846 bits per heavy atom. The van der Waals surface area contributed by atoms with Crippen LogP contribution in [0.1, 0.15) is 42.6 Å². The van der Waals surface area contributed by atoms with E-state index in [9.17, 15) is 0 Å². The summed E-state index contributed by atoms with van der Waals surface area (Å²) >= 11 is 0. The van der Waals surface area contributed by atoms with E-state index in [2.05, 4.69) is 60.3 Å². The van der Waals surface area contributed by atoms with E-state index in [1.807, 2.05) is 39.8 Å². The molecule has 130 valence electrons. The molecule has 2 aromatic heterocycles. The largest absolute Gasteiger partial charge is 0.241 e. The van der Waals surface area contributed by atoms with Crippen molar-refractivity contribution in [2.24, 2.45) is 0 Å². The van der Waals surface area contributed by atoms with Crippen molar-refractivity contribution in [1.82, 2.24) is 24.5 Å². The monoisotopic (exact) mass is 343 g/mol. The SMILES string of the molecule is CC(C)c1c(C(c2ccccc2)n2cncn2)cnn1-c1ccccc1. The van der Waals surface area contributed by atoms with Crippen LogP contribution >= 0.6 is 0 Å². The molecule has 0 spiro atoms. The van der Waals surface area contributed by atoms with Gasteiger partial charge >= 0.3 is 0 Å². The minimum atomic E-state index is -0.0615. The fraction of sp³-hybridized carbons (Fsp3) is 0.190. The molecule has 0 aliphatic carbocycles. The summed E-state index contributed by atoms with van der Waals surface area (Å²) < 4.78 is 3.93. The average molecular weight is 343 g/mol. The molecule has 1 atom stereocenters. The zero-order valence-corrected chi connectivity index (χ0v) is 14.9. The van der Waals surface area contributed by atoms with E-state index in [0.717, 1.165) is 16.8 Å². The number of rotatable bonds is 5. The van der Waals surface area contributed by atoms with E-state index in [1.165, 1.54) is 5.69 Å². The molecular weight excluding hydrogens is 322 g/mol. The fourth-order valence-electron chi connectivity index (χ4n) is 3.39. The van der Waals surface area contributed by atoms with E-state index >= 15 is 0 Å². The number of nitrogens with zero attached hydrogens (tertiary/aromatic N) is 5. The van der Waals surface area contributed by atoms with E-state index in [-0.39, 0.29) is 6.04 Å². The van der Waals surface area contributed by atoms with Gasteiger partial charge in [0.1, 0.15) is 18.7 Å². The lowest BCUT2D eigenvalue weighted by Gasteiger charge is -2.20. The Labute approximate surface area is 152 Å². The fourth-order valence-corrected chi connectivity index (χ4v) is 3.39. The van der Waals surface area contributed by atoms with Crippen LogP contribution in [0.4, 0.5) is 0 Å². The highest BCUT2D eigenvalue weighted by atomic mass is 15.3. The van der Waals surface area contributed by atoms with Crippen LogP contribution in [0.5, 0.6) is 0 Å². The second-order valence-electron chi connectivity index (χ2n) is 6.58. The molecule has 5 nitrogen and oxygen atoms in total. The van der Waals surface area contributed by atoms with Crippen LogP contribution in [0.15, 0.2) is 79.5 Å². The zero-order chi connectivity index (χ0) is 17.9. The molecule has 0 bridgehead atoms. The summed E-state index contributed by atoms with van der Waals surface area (Å²) in [4.78, 5) is 4.16. The first-order valence-corrected chi connectivity index (χ1v) is 8.78. The van der Waals surface area contributed by atoms with Crippen LogP contribution in [0.3, 0.4) is 0 Å². The molecule has 0 saturated heterocycles. The molecule has 0 aliphatic rings. The lowest BCUT2D eigenvalue weighted by Crippen LogP contribution is -2.16. The summed E-state index contributed by atoms with van der Waals surface area (Å²) in [5.74, 6) is 0.308. The third-order valence-electron chi connectivity index (χ3n) is 4.49. The van der Waals surface area contributed by atoms with Crippen LogP contribution in [-0.4, -0.2) is 24.5 Å². The van der Waals surface area contributed by atoms with Gasteiger partial charge in [0, 0.05) is 5.56 Å². The van der Waals surface area contributed by atoms with E-state index in [1.54, 1.807) is 12.7 Å². The predicted octanol–water partition coefficient (Wildman–Crippen LogP) is 4.22. The molecule has 26 heavy (non-hydrogen) atoms. The van der Waals surface area contributed by atoms with Crippen LogP contribution in [0.2, 0.25) is 0 Å². The van der Waals surface area contributed by atoms with Gasteiger partial charge in [-0.25, -0.2) is 14.3 Å². The summed E-state index contributed by atoms with van der Waals surface area (Å²) in [5.41, 5.74) is 4.54. The Balaban J connectivity index is 1.91. The van der Waals surface area contributed by atoms with E-state index in [0.29, 0.717) is 5.92 Å². The van der Waals surface area contributed by atoms with Crippen molar-refractivity contribution in [3.63, 3.8) is 0 Å². The average Bonchev–Trinajstić information content (AvgIpc) is 3.34. The first kappa shape index (κ1) is 16.3. The van der Waals surface area contributed by atoms with E-state index in [4.69, 9.17) is 5.10 Å². The van der Waals surface area contributed by atoms with Gasteiger partial charge in [-0.1, -0.05) is 62.4 Å².